The Morgan fingerprint density at radius 1 is 1.59 bits per heavy atom. The minimum absolute atomic E-state index is 0.133. The molecule has 3 N–H and O–H groups in total. The van der Waals surface area contributed by atoms with Gasteiger partial charge < -0.3 is 5.73 Å². The Labute approximate surface area is 112 Å². The second kappa shape index (κ2) is 4.31. The van der Waals surface area contributed by atoms with Gasteiger partial charge in [0, 0.05) is 4.47 Å². The van der Waals surface area contributed by atoms with E-state index in [1.165, 1.54) is 0 Å². The Hall–Kier alpha value is -1.07. The molecule has 0 spiro atoms. The smallest absolute Gasteiger partial charge is 0.229 e. The maximum atomic E-state index is 11.5. The number of nitrogens with two attached hydrogens (primary N) is 1. The summed E-state index contributed by atoms with van der Waals surface area (Å²) in [6, 6.07) is 5.48. The second-order valence-electron chi connectivity index (χ2n) is 4.12. The molecule has 1 aromatic rings. The van der Waals surface area contributed by atoms with Gasteiger partial charge >= 0.3 is 0 Å². The summed E-state index contributed by atoms with van der Waals surface area (Å²) in [6.45, 7) is 1.87. The zero-order chi connectivity index (χ0) is 12.6. The van der Waals surface area contributed by atoms with Gasteiger partial charge in [0.2, 0.25) is 5.91 Å². The minimum atomic E-state index is -0.639. The fraction of sp³-hybridized carbons (Fsp3) is 0.273. The molecule has 0 saturated heterocycles. The summed E-state index contributed by atoms with van der Waals surface area (Å²) >= 11 is 9.29. The zero-order valence-corrected chi connectivity index (χ0v) is 11.5. The van der Waals surface area contributed by atoms with Crippen molar-refractivity contribution < 1.29 is 4.79 Å². The summed E-state index contributed by atoms with van der Waals surface area (Å²) in [6.07, 6.45) is 0.266. The van der Waals surface area contributed by atoms with Gasteiger partial charge in [0.1, 0.15) is 0 Å². The van der Waals surface area contributed by atoms with E-state index in [9.17, 15) is 4.79 Å². The Morgan fingerprint density at radius 3 is 2.88 bits per heavy atom. The normalized spacial score (nSPS) is 24.2. The van der Waals surface area contributed by atoms with Crippen molar-refractivity contribution in [3.05, 3.63) is 33.3 Å². The van der Waals surface area contributed by atoms with Crippen LogP contribution in [0.25, 0.3) is 0 Å². The molecule has 2 rings (SSSR count). The third-order valence-electron chi connectivity index (χ3n) is 2.68. The molecule has 1 aliphatic rings. The van der Waals surface area contributed by atoms with Gasteiger partial charge in [0.15, 0.2) is 5.96 Å². The summed E-state index contributed by atoms with van der Waals surface area (Å²) in [7, 11) is 0. The third-order valence-corrected chi connectivity index (χ3v) is 3.89. The van der Waals surface area contributed by atoms with Crippen LogP contribution in [0.2, 0.25) is 5.02 Å². The van der Waals surface area contributed by atoms with Crippen molar-refractivity contribution in [1.82, 2.24) is 5.32 Å². The molecule has 0 aliphatic carbocycles. The molecule has 1 aromatic carbocycles. The van der Waals surface area contributed by atoms with Gasteiger partial charge in [-0.2, -0.15) is 0 Å². The second-order valence-corrected chi connectivity index (χ2v) is 5.39. The van der Waals surface area contributed by atoms with E-state index in [1.807, 2.05) is 19.1 Å². The van der Waals surface area contributed by atoms with Crippen LogP contribution in [0.1, 0.15) is 18.9 Å². The first-order chi connectivity index (χ1) is 7.90. The molecule has 1 unspecified atom stereocenters. The van der Waals surface area contributed by atoms with Crippen molar-refractivity contribution in [2.45, 2.75) is 18.9 Å². The van der Waals surface area contributed by atoms with Crippen molar-refractivity contribution in [2.75, 3.05) is 0 Å². The fourth-order valence-corrected chi connectivity index (χ4v) is 2.33. The van der Waals surface area contributed by atoms with Crippen LogP contribution in [0.3, 0.4) is 0 Å². The number of guanidine groups is 1. The summed E-state index contributed by atoms with van der Waals surface area (Å²) in [5.74, 6) is 0.0147. The van der Waals surface area contributed by atoms with Crippen LogP contribution in [0.4, 0.5) is 0 Å². The molecule has 0 saturated carbocycles. The molecule has 1 aliphatic heterocycles. The number of rotatable bonds is 1. The number of carbonyl (C=O) groups excluding carboxylic acids is 1. The van der Waals surface area contributed by atoms with Crippen LogP contribution < -0.4 is 11.1 Å². The monoisotopic (exact) mass is 315 g/mol. The summed E-state index contributed by atoms with van der Waals surface area (Å²) in [5, 5.41) is 3.10. The third kappa shape index (κ3) is 2.45. The number of aliphatic imine (C=N–C) groups is 1. The lowest BCUT2D eigenvalue weighted by atomic mass is 9.88. The maximum absolute atomic E-state index is 11.5. The average Bonchev–Trinajstić information content (AvgIpc) is 2.19. The van der Waals surface area contributed by atoms with Crippen molar-refractivity contribution in [2.24, 2.45) is 10.7 Å². The van der Waals surface area contributed by atoms with E-state index in [4.69, 9.17) is 17.3 Å². The standard InChI is InChI=1S/C11H11BrClN3O/c1-11(5-9(17)15-10(14)16-11)6-2-3-8(13)7(12)4-6/h2-4H,5H2,1H3,(H3,14,15,16,17). The highest BCUT2D eigenvalue weighted by Gasteiger charge is 2.33. The lowest BCUT2D eigenvalue weighted by Crippen LogP contribution is -2.46. The Balaban J connectivity index is 2.47. The van der Waals surface area contributed by atoms with E-state index in [0.717, 1.165) is 10.0 Å². The highest BCUT2D eigenvalue weighted by Crippen LogP contribution is 2.34. The molecule has 4 nitrogen and oxygen atoms in total. The number of halogens is 2. The molecular weight excluding hydrogens is 305 g/mol. The lowest BCUT2D eigenvalue weighted by molar-refractivity contribution is -0.121. The summed E-state index contributed by atoms with van der Waals surface area (Å²) in [5.41, 5.74) is 5.84. The molecule has 1 amide bonds. The number of nitrogens with zero attached hydrogens (tertiary/aromatic N) is 1. The van der Waals surface area contributed by atoms with Crippen molar-refractivity contribution in [3.8, 4) is 0 Å². The highest BCUT2D eigenvalue weighted by atomic mass is 79.9. The Kier molecular flexibility index (Phi) is 3.14. The van der Waals surface area contributed by atoms with E-state index in [0.29, 0.717) is 5.02 Å². The molecular formula is C11H11BrClN3O. The van der Waals surface area contributed by atoms with Crippen molar-refractivity contribution in [3.63, 3.8) is 0 Å². The van der Waals surface area contributed by atoms with Gasteiger partial charge in [-0.05, 0) is 40.5 Å². The predicted octanol–water partition coefficient (Wildman–Crippen LogP) is 2.15. The largest absolute Gasteiger partial charge is 0.370 e. The number of benzene rings is 1. The first kappa shape index (κ1) is 12.4. The molecule has 6 heteroatoms. The molecule has 1 heterocycles. The van der Waals surface area contributed by atoms with Crippen LogP contribution in [0, 0.1) is 0 Å². The van der Waals surface area contributed by atoms with Gasteiger partial charge in [-0.3, -0.25) is 10.1 Å². The van der Waals surface area contributed by atoms with E-state index < -0.39 is 5.54 Å². The number of carbonyl (C=O) groups is 1. The SMILES string of the molecule is CC1(c2ccc(Cl)c(Br)c2)CC(=O)NC(N)=N1. The van der Waals surface area contributed by atoms with E-state index in [-0.39, 0.29) is 18.3 Å². The highest BCUT2D eigenvalue weighted by molar-refractivity contribution is 9.10. The van der Waals surface area contributed by atoms with Crippen LogP contribution in [-0.4, -0.2) is 11.9 Å². The van der Waals surface area contributed by atoms with Crippen molar-refractivity contribution in [1.29, 1.82) is 0 Å². The summed E-state index contributed by atoms with van der Waals surface area (Å²) < 4.78 is 0.776. The molecule has 0 radical (unpaired) electrons. The Morgan fingerprint density at radius 2 is 2.29 bits per heavy atom. The van der Waals surface area contributed by atoms with Crippen LogP contribution >= 0.6 is 27.5 Å². The van der Waals surface area contributed by atoms with Crippen molar-refractivity contribution >= 4 is 39.4 Å². The van der Waals surface area contributed by atoms with Gasteiger partial charge in [0.25, 0.3) is 0 Å². The topological polar surface area (TPSA) is 67.5 Å². The molecule has 1 atom stereocenters. The first-order valence-corrected chi connectivity index (χ1v) is 6.18. The van der Waals surface area contributed by atoms with Gasteiger partial charge in [0.05, 0.1) is 17.0 Å². The van der Waals surface area contributed by atoms with E-state index in [2.05, 4.69) is 26.2 Å². The van der Waals surface area contributed by atoms with E-state index >= 15 is 0 Å². The number of hydrogen-bond acceptors (Lipinski definition) is 3. The maximum Gasteiger partial charge on any atom is 0.229 e. The summed E-state index contributed by atoms with van der Waals surface area (Å²) in [4.78, 5) is 15.8. The van der Waals surface area contributed by atoms with Crippen LogP contribution in [0.5, 0.6) is 0 Å². The predicted molar refractivity (Wildman–Crippen MR) is 70.9 cm³/mol. The number of nitrogens with one attached hydrogen (secondary N) is 1. The molecule has 90 valence electrons. The van der Waals surface area contributed by atoms with Gasteiger partial charge in [-0.25, -0.2) is 4.99 Å². The molecule has 0 bridgehead atoms. The quantitative estimate of drug-likeness (QED) is 0.833. The van der Waals surface area contributed by atoms with Gasteiger partial charge in [-0.1, -0.05) is 17.7 Å². The fourth-order valence-electron chi connectivity index (χ4n) is 1.83. The zero-order valence-electron chi connectivity index (χ0n) is 9.13. The lowest BCUT2D eigenvalue weighted by Gasteiger charge is -2.29. The van der Waals surface area contributed by atoms with Crippen LogP contribution in [-0.2, 0) is 10.3 Å². The number of amides is 1. The molecule has 0 fully saturated rings. The number of hydrogen-bond donors (Lipinski definition) is 2. The van der Waals surface area contributed by atoms with Gasteiger partial charge in [-0.15, -0.1) is 0 Å². The molecule has 17 heavy (non-hydrogen) atoms. The first-order valence-electron chi connectivity index (χ1n) is 5.01. The molecule has 0 aromatic heterocycles. The van der Waals surface area contributed by atoms with E-state index in [1.54, 1.807) is 6.07 Å². The average molecular weight is 317 g/mol. The Bertz CT molecular complexity index is 517. The van der Waals surface area contributed by atoms with Crippen LogP contribution in [0.15, 0.2) is 27.7 Å². The minimum Gasteiger partial charge on any atom is -0.370 e.